The van der Waals surface area contributed by atoms with Gasteiger partial charge >= 0.3 is 0 Å². The van der Waals surface area contributed by atoms with Gasteiger partial charge < -0.3 is 14.8 Å². The van der Waals surface area contributed by atoms with Crippen LogP contribution in [0.2, 0.25) is 5.02 Å². The van der Waals surface area contributed by atoms with Crippen molar-refractivity contribution in [3.8, 4) is 17.2 Å². The van der Waals surface area contributed by atoms with Crippen molar-refractivity contribution in [2.45, 2.75) is 13.0 Å². The lowest BCUT2D eigenvalue weighted by Crippen LogP contribution is -2.18. The van der Waals surface area contributed by atoms with Crippen LogP contribution >= 0.6 is 11.6 Å². The summed E-state index contributed by atoms with van der Waals surface area (Å²) in [6.07, 6.45) is 0. The summed E-state index contributed by atoms with van der Waals surface area (Å²) in [6, 6.07) is 20.9. The van der Waals surface area contributed by atoms with Gasteiger partial charge in [0.05, 0.1) is 19.9 Å². The van der Waals surface area contributed by atoms with Crippen LogP contribution in [0.3, 0.4) is 0 Å². The van der Waals surface area contributed by atoms with E-state index in [4.69, 9.17) is 21.1 Å². The first-order valence-electron chi connectivity index (χ1n) is 9.69. The predicted octanol–water partition coefficient (Wildman–Crippen LogP) is 4.84. The topological polar surface area (TPSA) is 74.1 Å². The fourth-order valence-electron chi connectivity index (χ4n) is 3.39. The number of nitrogens with zero attached hydrogens (tertiary/aromatic N) is 4. The predicted molar refractivity (Wildman–Crippen MR) is 120 cm³/mol. The number of para-hydroxylation sites is 1. The largest absolute Gasteiger partial charge is 0.493 e. The molecule has 1 heterocycles. The smallest absolute Gasteiger partial charge is 0.183 e. The molecule has 4 aromatic rings. The van der Waals surface area contributed by atoms with Gasteiger partial charge in [-0.05, 0) is 64.9 Å². The number of hydrogen-bond acceptors (Lipinski definition) is 6. The third-order valence-corrected chi connectivity index (χ3v) is 5.21. The van der Waals surface area contributed by atoms with Crippen molar-refractivity contribution in [3.05, 3.63) is 88.7 Å². The first-order chi connectivity index (χ1) is 15.1. The lowest BCUT2D eigenvalue weighted by Gasteiger charge is -2.21. The van der Waals surface area contributed by atoms with Crippen LogP contribution in [0.15, 0.2) is 66.7 Å². The van der Waals surface area contributed by atoms with Gasteiger partial charge in [-0.15, -0.1) is 5.10 Å². The Labute approximate surface area is 185 Å². The maximum atomic E-state index is 6.26. The molecule has 0 bridgehead atoms. The Morgan fingerprint density at radius 3 is 2.45 bits per heavy atom. The second-order valence-electron chi connectivity index (χ2n) is 6.94. The number of anilines is 1. The monoisotopic (exact) mass is 435 g/mol. The van der Waals surface area contributed by atoms with Crippen molar-refractivity contribution in [1.82, 2.24) is 20.2 Å². The molecule has 158 valence electrons. The highest BCUT2D eigenvalue weighted by atomic mass is 35.5. The molecule has 0 unspecified atom stereocenters. The van der Waals surface area contributed by atoms with Gasteiger partial charge in [0.15, 0.2) is 17.3 Å². The van der Waals surface area contributed by atoms with Gasteiger partial charge in [0.25, 0.3) is 0 Å². The molecule has 0 saturated carbocycles. The van der Waals surface area contributed by atoms with Crippen LogP contribution in [0.1, 0.15) is 23.0 Å². The summed E-state index contributed by atoms with van der Waals surface area (Å²) in [5.74, 6) is 1.88. The van der Waals surface area contributed by atoms with Gasteiger partial charge in [0.1, 0.15) is 6.04 Å². The number of hydrogen-bond donors (Lipinski definition) is 1. The molecule has 0 radical (unpaired) electrons. The quantitative estimate of drug-likeness (QED) is 0.447. The van der Waals surface area contributed by atoms with Gasteiger partial charge in [-0.25, -0.2) is 0 Å². The number of nitrogens with one attached hydrogen (secondary N) is 1. The van der Waals surface area contributed by atoms with E-state index in [0.29, 0.717) is 22.3 Å². The highest BCUT2D eigenvalue weighted by Crippen LogP contribution is 2.34. The Morgan fingerprint density at radius 1 is 0.935 bits per heavy atom. The fraction of sp³-hybridized carbons (Fsp3) is 0.174. The lowest BCUT2D eigenvalue weighted by atomic mass is 10.0. The SMILES string of the molecule is COc1ccc([C@H](Nc2ccccc2)c2nnnn2-c2cc(Cl)ccc2C)cc1OC. The zero-order chi connectivity index (χ0) is 21.8. The van der Waals surface area contributed by atoms with Crippen LogP contribution in [0.5, 0.6) is 11.5 Å². The molecule has 0 aliphatic rings. The molecule has 0 fully saturated rings. The van der Waals surface area contributed by atoms with E-state index in [1.165, 1.54) is 0 Å². The molecule has 31 heavy (non-hydrogen) atoms. The van der Waals surface area contributed by atoms with E-state index in [1.807, 2.05) is 73.7 Å². The second kappa shape index (κ2) is 9.06. The van der Waals surface area contributed by atoms with Gasteiger partial charge in [-0.1, -0.05) is 41.9 Å². The molecule has 4 rings (SSSR count). The normalized spacial score (nSPS) is 11.7. The fourth-order valence-corrected chi connectivity index (χ4v) is 3.55. The maximum Gasteiger partial charge on any atom is 0.183 e. The molecular weight excluding hydrogens is 414 g/mol. The molecule has 7 nitrogen and oxygen atoms in total. The van der Waals surface area contributed by atoms with Crippen molar-refractivity contribution in [3.63, 3.8) is 0 Å². The Balaban J connectivity index is 1.85. The summed E-state index contributed by atoms with van der Waals surface area (Å²) in [7, 11) is 3.22. The third kappa shape index (κ3) is 4.32. The minimum Gasteiger partial charge on any atom is -0.493 e. The summed E-state index contributed by atoms with van der Waals surface area (Å²) >= 11 is 6.26. The molecular formula is C23H22ClN5O2. The number of rotatable bonds is 7. The molecule has 0 aliphatic heterocycles. The van der Waals surface area contributed by atoms with Crippen LogP contribution < -0.4 is 14.8 Å². The molecule has 1 N–H and O–H groups in total. The Bertz CT molecular complexity index is 1180. The van der Waals surface area contributed by atoms with E-state index >= 15 is 0 Å². The minimum absolute atomic E-state index is 0.365. The number of ether oxygens (including phenoxy) is 2. The second-order valence-corrected chi connectivity index (χ2v) is 7.37. The maximum absolute atomic E-state index is 6.26. The minimum atomic E-state index is -0.365. The molecule has 0 aliphatic carbocycles. The van der Waals surface area contributed by atoms with Crippen LogP contribution in [0.4, 0.5) is 5.69 Å². The molecule has 3 aromatic carbocycles. The number of aryl methyl sites for hydroxylation is 1. The number of benzene rings is 3. The average molecular weight is 436 g/mol. The van der Waals surface area contributed by atoms with E-state index in [2.05, 4.69) is 20.8 Å². The van der Waals surface area contributed by atoms with Crippen LogP contribution in [-0.4, -0.2) is 34.4 Å². The molecule has 0 spiro atoms. The molecule has 8 heteroatoms. The van der Waals surface area contributed by atoms with E-state index in [9.17, 15) is 0 Å². The van der Waals surface area contributed by atoms with Gasteiger partial charge in [-0.3, -0.25) is 0 Å². The highest BCUT2D eigenvalue weighted by Gasteiger charge is 2.24. The summed E-state index contributed by atoms with van der Waals surface area (Å²) in [6.45, 7) is 1.99. The van der Waals surface area contributed by atoms with Gasteiger partial charge in [0, 0.05) is 10.7 Å². The lowest BCUT2D eigenvalue weighted by molar-refractivity contribution is 0.354. The standard InChI is InChI=1S/C23H22ClN5O2/c1-15-9-11-17(24)14-19(15)29-23(26-27-28-29)22(25-18-7-5-4-6-8-18)16-10-12-20(30-2)21(13-16)31-3/h4-14,22,25H,1-3H3/t22-/m0/s1. The number of halogens is 1. The highest BCUT2D eigenvalue weighted by molar-refractivity contribution is 6.30. The molecule has 1 aromatic heterocycles. The number of tetrazole rings is 1. The van der Waals surface area contributed by atoms with Crippen molar-refractivity contribution >= 4 is 17.3 Å². The molecule has 0 amide bonds. The Hall–Kier alpha value is -3.58. The summed E-state index contributed by atoms with van der Waals surface area (Å²) in [5.41, 5.74) is 3.66. The first kappa shape index (κ1) is 20.7. The first-order valence-corrected chi connectivity index (χ1v) is 10.1. The van der Waals surface area contributed by atoms with Gasteiger partial charge in [-0.2, -0.15) is 4.68 Å². The summed E-state index contributed by atoms with van der Waals surface area (Å²) in [5, 5.41) is 16.7. The van der Waals surface area contributed by atoms with Crippen molar-refractivity contribution in [1.29, 1.82) is 0 Å². The van der Waals surface area contributed by atoms with E-state index in [0.717, 1.165) is 22.5 Å². The van der Waals surface area contributed by atoms with Crippen LogP contribution in [-0.2, 0) is 0 Å². The van der Waals surface area contributed by atoms with Crippen molar-refractivity contribution in [2.24, 2.45) is 0 Å². The zero-order valence-corrected chi connectivity index (χ0v) is 18.2. The van der Waals surface area contributed by atoms with Crippen LogP contribution in [0, 0.1) is 6.92 Å². The molecule has 0 saturated heterocycles. The third-order valence-electron chi connectivity index (χ3n) is 4.98. The average Bonchev–Trinajstić information content (AvgIpc) is 3.28. The van der Waals surface area contributed by atoms with E-state index < -0.39 is 0 Å². The summed E-state index contributed by atoms with van der Waals surface area (Å²) in [4.78, 5) is 0. The van der Waals surface area contributed by atoms with Crippen LogP contribution in [0.25, 0.3) is 5.69 Å². The Kier molecular flexibility index (Phi) is 6.04. The van der Waals surface area contributed by atoms with Crippen molar-refractivity contribution in [2.75, 3.05) is 19.5 Å². The Morgan fingerprint density at radius 2 is 1.71 bits per heavy atom. The zero-order valence-electron chi connectivity index (χ0n) is 17.4. The number of methoxy groups -OCH3 is 2. The van der Waals surface area contributed by atoms with E-state index in [1.54, 1.807) is 18.9 Å². The number of aromatic nitrogens is 4. The summed E-state index contributed by atoms with van der Waals surface area (Å²) < 4.78 is 12.6. The van der Waals surface area contributed by atoms with Gasteiger partial charge in [0.2, 0.25) is 0 Å². The molecule has 1 atom stereocenters. The van der Waals surface area contributed by atoms with E-state index in [-0.39, 0.29) is 6.04 Å². The van der Waals surface area contributed by atoms with Crippen molar-refractivity contribution < 1.29 is 9.47 Å².